The molecule has 0 aliphatic heterocycles. The number of ether oxygens (including phenoxy) is 2. The predicted octanol–water partition coefficient (Wildman–Crippen LogP) is 3.14. The zero-order valence-corrected chi connectivity index (χ0v) is 15.3. The Morgan fingerprint density at radius 3 is 2.84 bits per heavy atom. The first-order valence-corrected chi connectivity index (χ1v) is 8.89. The highest BCUT2D eigenvalue weighted by Gasteiger charge is 2.22. The lowest BCUT2D eigenvalue weighted by Gasteiger charge is -2.29. The summed E-state index contributed by atoms with van der Waals surface area (Å²) in [5.74, 6) is 1.72. The summed E-state index contributed by atoms with van der Waals surface area (Å²) < 4.78 is 10.8. The van der Waals surface area contributed by atoms with Crippen LogP contribution in [0.15, 0.2) is 23.4 Å². The zero-order valence-electron chi connectivity index (χ0n) is 15.3. The van der Waals surface area contributed by atoms with Crippen molar-refractivity contribution >= 4 is 12.1 Å². The molecular weight excluding hydrogens is 320 g/mol. The number of hydrogen-bond acceptors (Lipinski definition) is 5. The standard InChI is InChI=1S/C19H28N2O4/c1-4-24-17-10-9-15(11-18(17)23-3)12-20-25-13-19(22)21-16-8-6-5-7-14(16)2/h9-12,14,16H,4-8,13H2,1-3H3,(H,21,22)/b20-12-/t14-,16-/m1/s1. The maximum absolute atomic E-state index is 11.9. The van der Waals surface area contributed by atoms with Crippen LogP contribution in [0.1, 0.15) is 45.1 Å². The van der Waals surface area contributed by atoms with Crippen LogP contribution < -0.4 is 14.8 Å². The molecule has 0 unspecified atom stereocenters. The molecule has 2 rings (SSSR count). The van der Waals surface area contributed by atoms with E-state index in [1.807, 2.05) is 25.1 Å². The fraction of sp³-hybridized carbons (Fsp3) is 0.579. The first-order valence-electron chi connectivity index (χ1n) is 8.89. The highest BCUT2D eigenvalue weighted by Crippen LogP contribution is 2.27. The minimum absolute atomic E-state index is 0.0755. The normalized spacial score (nSPS) is 20.3. The summed E-state index contributed by atoms with van der Waals surface area (Å²) in [6.07, 6.45) is 6.19. The molecule has 0 saturated heterocycles. The number of nitrogens with one attached hydrogen (secondary N) is 1. The van der Waals surface area contributed by atoms with Gasteiger partial charge in [-0.15, -0.1) is 0 Å². The molecule has 0 aromatic heterocycles. The number of amides is 1. The van der Waals surface area contributed by atoms with E-state index in [-0.39, 0.29) is 18.6 Å². The molecule has 1 saturated carbocycles. The van der Waals surface area contributed by atoms with Crippen molar-refractivity contribution < 1.29 is 19.1 Å². The Kier molecular flexibility index (Phi) is 7.57. The minimum Gasteiger partial charge on any atom is -0.493 e. The number of nitrogens with zero attached hydrogens (tertiary/aromatic N) is 1. The lowest BCUT2D eigenvalue weighted by molar-refractivity contribution is -0.126. The van der Waals surface area contributed by atoms with Crippen molar-refractivity contribution in [1.29, 1.82) is 0 Å². The van der Waals surface area contributed by atoms with E-state index in [4.69, 9.17) is 14.3 Å². The molecule has 1 N–H and O–H groups in total. The molecule has 1 aliphatic carbocycles. The van der Waals surface area contributed by atoms with E-state index in [1.54, 1.807) is 13.3 Å². The molecular formula is C19H28N2O4. The molecule has 1 aliphatic rings. The Bertz CT molecular complexity index is 589. The van der Waals surface area contributed by atoms with Crippen molar-refractivity contribution in [3.05, 3.63) is 23.8 Å². The molecule has 1 amide bonds. The SMILES string of the molecule is CCOc1ccc(/C=N\OCC(=O)N[C@@H]2CCCC[C@H]2C)cc1OC. The Morgan fingerprint density at radius 2 is 2.12 bits per heavy atom. The average molecular weight is 348 g/mol. The number of methoxy groups -OCH3 is 1. The third-order valence-electron chi connectivity index (χ3n) is 4.42. The third kappa shape index (κ3) is 5.96. The van der Waals surface area contributed by atoms with Gasteiger partial charge in [-0.2, -0.15) is 0 Å². The Morgan fingerprint density at radius 1 is 1.32 bits per heavy atom. The van der Waals surface area contributed by atoms with Gasteiger partial charge in [0, 0.05) is 11.6 Å². The molecule has 1 fully saturated rings. The Balaban J connectivity index is 1.79. The molecule has 2 atom stereocenters. The first-order chi connectivity index (χ1) is 12.1. The van der Waals surface area contributed by atoms with Crippen molar-refractivity contribution in [2.45, 2.75) is 45.6 Å². The monoisotopic (exact) mass is 348 g/mol. The fourth-order valence-corrected chi connectivity index (χ4v) is 3.01. The second-order valence-corrected chi connectivity index (χ2v) is 6.29. The predicted molar refractivity (Wildman–Crippen MR) is 97.3 cm³/mol. The smallest absolute Gasteiger partial charge is 0.261 e. The number of benzene rings is 1. The Hall–Kier alpha value is -2.24. The van der Waals surface area contributed by atoms with Crippen molar-refractivity contribution in [2.24, 2.45) is 11.1 Å². The fourth-order valence-electron chi connectivity index (χ4n) is 3.01. The Labute approximate surface area is 149 Å². The topological polar surface area (TPSA) is 69.2 Å². The highest BCUT2D eigenvalue weighted by molar-refractivity contribution is 5.81. The van der Waals surface area contributed by atoms with Crippen LogP contribution in [0.25, 0.3) is 0 Å². The second kappa shape index (κ2) is 9.91. The summed E-state index contributed by atoms with van der Waals surface area (Å²) in [5, 5.41) is 6.90. The van der Waals surface area contributed by atoms with Crippen LogP contribution in [0.2, 0.25) is 0 Å². The van der Waals surface area contributed by atoms with Crippen LogP contribution in [0.5, 0.6) is 11.5 Å². The van der Waals surface area contributed by atoms with E-state index in [0.717, 1.165) is 12.0 Å². The summed E-state index contributed by atoms with van der Waals surface area (Å²) >= 11 is 0. The van der Waals surface area contributed by atoms with E-state index < -0.39 is 0 Å². The van der Waals surface area contributed by atoms with E-state index >= 15 is 0 Å². The van der Waals surface area contributed by atoms with Crippen LogP contribution in [0.3, 0.4) is 0 Å². The molecule has 0 bridgehead atoms. The number of oxime groups is 1. The molecule has 0 radical (unpaired) electrons. The van der Waals surface area contributed by atoms with Gasteiger partial charge in [0.2, 0.25) is 0 Å². The van der Waals surface area contributed by atoms with Gasteiger partial charge in [0.1, 0.15) is 0 Å². The summed E-state index contributed by atoms with van der Waals surface area (Å²) in [6, 6.07) is 5.73. The van der Waals surface area contributed by atoms with Gasteiger partial charge in [-0.25, -0.2) is 0 Å². The minimum atomic E-state index is -0.125. The van der Waals surface area contributed by atoms with Crippen molar-refractivity contribution in [1.82, 2.24) is 5.32 Å². The lowest BCUT2D eigenvalue weighted by Crippen LogP contribution is -2.42. The zero-order chi connectivity index (χ0) is 18.1. The van der Waals surface area contributed by atoms with Gasteiger partial charge in [-0.1, -0.05) is 24.9 Å². The van der Waals surface area contributed by atoms with Crippen LogP contribution in [0.4, 0.5) is 0 Å². The van der Waals surface area contributed by atoms with Gasteiger partial charge in [0.25, 0.3) is 5.91 Å². The van der Waals surface area contributed by atoms with Crippen LogP contribution in [-0.2, 0) is 9.63 Å². The maximum atomic E-state index is 11.9. The first kappa shape index (κ1) is 19.1. The van der Waals surface area contributed by atoms with E-state index in [2.05, 4.69) is 17.4 Å². The van der Waals surface area contributed by atoms with E-state index in [0.29, 0.717) is 24.0 Å². The molecule has 1 aromatic rings. The van der Waals surface area contributed by atoms with Crippen LogP contribution in [-0.4, -0.2) is 38.5 Å². The lowest BCUT2D eigenvalue weighted by atomic mass is 9.86. The van der Waals surface area contributed by atoms with E-state index in [9.17, 15) is 4.79 Å². The summed E-state index contributed by atoms with van der Waals surface area (Å²) in [6.45, 7) is 4.60. The molecule has 0 spiro atoms. The number of rotatable bonds is 8. The van der Waals surface area contributed by atoms with Gasteiger partial charge in [0.05, 0.1) is 19.9 Å². The summed E-state index contributed by atoms with van der Waals surface area (Å²) in [4.78, 5) is 17.1. The van der Waals surface area contributed by atoms with Gasteiger partial charge < -0.3 is 19.6 Å². The molecule has 25 heavy (non-hydrogen) atoms. The van der Waals surface area contributed by atoms with Gasteiger partial charge in [-0.3, -0.25) is 4.79 Å². The van der Waals surface area contributed by atoms with Crippen molar-refractivity contribution in [3.8, 4) is 11.5 Å². The third-order valence-corrected chi connectivity index (χ3v) is 4.42. The van der Waals surface area contributed by atoms with E-state index in [1.165, 1.54) is 19.3 Å². The second-order valence-electron chi connectivity index (χ2n) is 6.29. The quantitative estimate of drug-likeness (QED) is 0.579. The number of carbonyl (C=O) groups is 1. The maximum Gasteiger partial charge on any atom is 0.261 e. The molecule has 0 heterocycles. The van der Waals surface area contributed by atoms with Crippen molar-refractivity contribution in [3.63, 3.8) is 0 Å². The molecule has 138 valence electrons. The highest BCUT2D eigenvalue weighted by atomic mass is 16.6. The average Bonchev–Trinajstić information content (AvgIpc) is 2.62. The largest absolute Gasteiger partial charge is 0.493 e. The molecule has 1 aromatic carbocycles. The summed E-state index contributed by atoms with van der Waals surface area (Å²) in [7, 11) is 1.59. The van der Waals surface area contributed by atoms with Gasteiger partial charge >= 0.3 is 0 Å². The molecule has 6 nitrogen and oxygen atoms in total. The van der Waals surface area contributed by atoms with Gasteiger partial charge in [0.15, 0.2) is 18.1 Å². The number of hydrogen-bond donors (Lipinski definition) is 1. The van der Waals surface area contributed by atoms with Crippen LogP contribution >= 0.6 is 0 Å². The number of carbonyl (C=O) groups excluding carboxylic acids is 1. The van der Waals surface area contributed by atoms with Gasteiger partial charge in [-0.05, 0) is 43.9 Å². The van der Waals surface area contributed by atoms with Crippen LogP contribution in [0, 0.1) is 5.92 Å². The molecule has 6 heteroatoms. The van der Waals surface area contributed by atoms with Crippen molar-refractivity contribution in [2.75, 3.05) is 20.3 Å². The summed E-state index contributed by atoms with van der Waals surface area (Å²) in [5.41, 5.74) is 0.807.